The maximum atomic E-state index is 5.94. The van der Waals surface area contributed by atoms with Gasteiger partial charge in [0.1, 0.15) is 5.75 Å². The number of benzene rings is 2. The molecule has 1 nitrogen and oxygen atoms in total. The van der Waals surface area contributed by atoms with Gasteiger partial charge in [-0.15, -0.1) is 0 Å². The average Bonchev–Trinajstić information content (AvgIpc) is 2.75. The number of hydrogen-bond donors (Lipinski definition) is 0. The van der Waals surface area contributed by atoms with E-state index in [4.69, 9.17) is 17.0 Å². The molecular formula is C27H36OS. The Balaban J connectivity index is 1.77. The summed E-state index contributed by atoms with van der Waals surface area (Å²) in [5, 5.41) is 0. The zero-order valence-electron chi connectivity index (χ0n) is 18.2. The fourth-order valence-electron chi connectivity index (χ4n) is 3.35. The Morgan fingerprint density at radius 3 is 2.31 bits per heavy atom. The molecule has 0 saturated carbocycles. The van der Waals surface area contributed by atoms with Crippen LogP contribution in [0.3, 0.4) is 0 Å². The van der Waals surface area contributed by atoms with Gasteiger partial charge in [-0.05, 0) is 47.7 Å². The lowest BCUT2D eigenvalue weighted by Gasteiger charge is -2.07. The van der Waals surface area contributed by atoms with Crippen molar-refractivity contribution >= 4 is 23.2 Å². The number of ether oxygens (including phenoxy) is 1. The highest BCUT2D eigenvalue weighted by atomic mass is 32.1. The van der Waals surface area contributed by atoms with E-state index in [1.807, 2.05) is 18.2 Å². The van der Waals surface area contributed by atoms with Gasteiger partial charge in [-0.25, -0.2) is 0 Å². The number of hydrogen-bond acceptors (Lipinski definition) is 2. The predicted molar refractivity (Wildman–Crippen MR) is 131 cm³/mol. The molecule has 2 rings (SSSR count). The van der Waals surface area contributed by atoms with Gasteiger partial charge >= 0.3 is 0 Å². The van der Waals surface area contributed by atoms with Crippen LogP contribution in [0.25, 0.3) is 6.08 Å². The van der Waals surface area contributed by atoms with E-state index in [0.717, 1.165) is 41.2 Å². The largest absolute Gasteiger partial charge is 0.494 e. The lowest BCUT2D eigenvalue weighted by Crippen LogP contribution is -1.97. The van der Waals surface area contributed by atoms with Crippen LogP contribution in [0.15, 0.2) is 54.6 Å². The molecule has 156 valence electrons. The number of unbranched alkanes of at least 4 members (excludes halogenated alkanes) is 6. The summed E-state index contributed by atoms with van der Waals surface area (Å²) in [5.41, 5.74) is 3.59. The molecule has 0 saturated heterocycles. The smallest absolute Gasteiger partial charge is 0.119 e. The summed E-state index contributed by atoms with van der Waals surface area (Å²) >= 11 is 5.58. The quantitative estimate of drug-likeness (QED) is 0.135. The Kier molecular flexibility index (Phi) is 11.4. The normalized spacial score (nSPS) is 11.1. The Hall–Kier alpha value is -1.93. The fourth-order valence-corrected chi connectivity index (χ4v) is 3.55. The Bertz CT molecular complexity index is 745. The van der Waals surface area contributed by atoms with Crippen LogP contribution < -0.4 is 4.74 Å². The molecule has 2 aromatic carbocycles. The SMILES string of the molecule is CCCCCCCCCOc1cccc(C=CC(=S)c2ccc(CCC)cc2)c1. The molecule has 0 amide bonds. The highest BCUT2D eigenvalue weighted by Gasteiger charge is 2.00. The highest BCUT2D eigenvalue weighted by molar-refractivity contribution is 7.81. The standard InChI is InChI=1S/C27H36OS/c1-3-5-6-7-8-9-10-21-28-26-14-11-13-24(22-26)17-20-27(29)25-18-15-23(12-4-2)16-19-25/h11,13-20,22H,3-10,12,21H2,1-2H3. The molecule has 0 aliphatic rings. The fraction of sp³-hybridized carbons (Fsp3) is 0.444. The van der Waals surface area contributed by atoms with E-state index >= 15 is 0 Å². The van der Waals surface area contributed by atoms with Crippen molar-refractivity contribution in [2.75, 3.05) is 6.61 Å². The molecule has 0 N–H and O–H groups in total. The first kappa shape index (κ1) is 23.3. The Morgan fingerprint density at radius 2 is 1.59 bits per heavy atom. The second kappa shape index (κ2) is 14.1. The summed E-state index contributed by atoms with van der Waals surface area (Å²) in [6.07, 6.45) is 15.5. The number of aryl methyl sites for hydroxylation is 1. The minimum atomic E-state index is 0.795. The summed E-state index contributed by atoms with van der Waals surface area (Å²) < 4.78 is 5.94. The number of rotatable bonds is 14. The van der Waals surface area contributed by atoms with E-state index in [2.05, 4.69) is 56.3 Å². The Labute approximate surface area is 183 Å². The van der Waals surface area contributed by atoms with E-state index in [9.17, 15) is 0 Å². The van der Waals surface area contributed by atoms with Crippen LogP contribution in [0.2, 0.25) is 0 Å². The molecule has 0 aliphatic carbocycles. The maximum absolute atomic E-state index is 5.94. The first-order chi connectivity index (χ1) is 14.2. The second-order valence-corrected chi connectivity index (χ2v) is 8.13. The van der Waals surface area contributed by atoms with E-state index in [0.29, 0.717) is 0 Å². The van der Waals surface area contributed by atoms with Crippen LogP contribution >= 0.6 is 12.2 Å². The van der Waals surface area contributed by atoms with Gasteiger partial charge in [-0.2, -0.15) is 0 Å². The van der Waals surface area contributed by atoms with Crippen LogP contribution in [0.4, 0.5) is 0 Å². The number of allylic oxidation sites excluding steroid dienone is 1. The topological polar surface area (TPSA) is 9.23 Å². The van der Waals surface area contributed by atoms with Crippen LogP contribution in [-0.2, 0) is 6.42 Å². The molecular weight excluding hydrogens is 372 g/mol. The van der Waals surface area contributed by atoms with Crippen LogP contribution in [0.1, 0.15) is 81.9 Å². The third-order valence-electron chi connectivity index (χ3n) is 5.08. The summed E-state index contributed by atoms with van der Waals surface area (Å²) in [7, 11) is 0. The van der Waals surface area contributed by atoms with Crippen molar-refractivity contribution < 1.29 is 4.74 Å². The molecule has 2 aromatic rings. The van der Waals surface area contributed by atoms with Gasteiger partial charge < -0.3 is 4.74 Å². The monoisotopic (exact) mass is 408 g/mol. The zero-order valence-corrected chi connectivity index (χ0v) is 19.0. The molecule has 29 heavy (non-hydrogen) atoms. The van der Waals surface area contributed by atoms with Gasteiger partial charge in [0.2, 0.25) is 0 Å². The van der Waals surface area contributed by atoms with Crippen LogP contribution in [-0.4, -0.2) is 11.5 Å². The first-order valence-electron chi connectivity index (χ1n) is 11.3. The van der Waals surface area contributed by atoms with Gasteiger partial charge in [0.15, 0.2) is 0 Å². The number of thiocarbonyl (C=S) groups is 1. The van der Waals surface area contributed by atoms with E-state index in [1.54, 1.807) is 0 Å². The van der Waals surface area contributed by atoms with Crippen molar-refractivity contribution in [3.8, 4) is 5.75 Å². The first-order valence-corrected chi connectivity index (χ1v) is 11.7. The molecule has 0 atom stereocenters. The molecule has 0 unspecified atom stereocenters. The van der Waals surface area contributed by atoms with Gasteiger partial charge in [-0.1, -0.05) is 113 Å². The summed E-state index contributed by atoms with van der Waals surface area (Å²) in [6, 6.07) is 16.9. The zero-order chi connectivity index (χ0) is 20.7. The van der Waals surface area contributed by atoms with Gasteiger partial charge in [0, 0.05) is 4.86 Å². The molecule has 2 heteroatoms. The van der Waals surface area contributed by atoms with Crippen LogP contribution in [0, 0.1) is 0 Å². The van der Waals surface area contributed by atoms with Crippen molar-refractivity contribution in [3.05, 3.63) is 71.3 Å². The predicted octanol–water partition coefficient (Wildman–Crippen LogP) is 8.20. The highest BCUT2D eigenvalue weighted by Crippen LogP contribution is 2.16. The van der Waals surface area contributed by atoms with Gasteiger partial charge in [0.05, 0.1) is 6.61 Å². The maximum Gasteiger partial charge on any atom is 0.119 e. The summed E-state index contributed by atoms with van der Waals surface area (Å²) in [6.45, 7) is 5.26. The lowest BCUT2D eigenvalue weighted by atomic mass is 10.1. The molecule has 0 heterocycles. The second-order valence-electron chi connectivity index (χ2n) is 7.69. The van der Waals surface area contributed by atoms with Gasteiger partial charge in [-0.3, -0.25) is 0 Å². The summed E-state index contributed by atoms with van der Waals surface area (Å²) in [5.74, 6) is 0.938. The van der Waals surface area contributed by atoms with Gasteiger partial charge in [0.25, 0.3) is 0 Å². The average molecular weight is 409 g/mol. The minimum Gasteiger partial charge on any atom is -0.494 e. The van der Waals surface area contributed by atoms with Crippen molar-refractivity contribution in [1.29, 1.82) is 0 Å². The van der Waals surface area contributed by atoms with Crippen LogP contribution in [0.5, 0.6) is 5.75 Å². The lowest BCUT2D eigenvalue weighted by molar-refractivity contribution is 0.304. The van der Waals surface area contributed by atoms with E-state index in [1.165, 1.54) is 50.5 Å². The van der Waals surface area contributed by atoms with Crippen molar-refractivity contribution in [3.63, 3.8) is 0 Å². The van der Waals surface area contributed by atoms with Crippen molar-refractivity contribution in [1.82, 2.24) is 0 Å². The third-order valence-corrected chi connectivity index (χ3v) is 5.45. The third kappa shape index (κ3) is 9.41. The summed E-state index contributed by atoms with van der Waals surface area (Å²) in [4.78, 5) is 0.863. The molecule has 0 aliphatic heterocycles. The molecule has 0 fully saturated rings. The molecule has 0 radical (unpaired) electrons. The van der Waals surface area contributed by atoms with Crippen molar-refractivity contribution in [2.45, 2.75) is 71.6 Å². The van der Waals surface area contributed by atoms with E-state index in [-0.39, 0.29) is 0 Å². The van der Waals surface area contributed by atoms with E-state index < -0.39 is 0 Å². The minimum absolute atomic E-state index is 0.795. The van der Waals surface area contributed by atoms with Crippen molar-refractivity contribution in [2.24, 2.45) is 0 Å². The Morgan fingerprint density at radius 1 is 0.862 bits per heavy atom. The molecule has 0 aromatic heterocycles. The molecule has 0 spiro atoms. The molecule has 0 bridgehead atoms.